The van der Waals surface area contributed by atoms with Gasteiger partial charge in [0.05, 0.1) is 12.6 Å². The second kappa shape index (κ2) is 7.18. The van der Waals surface area contributed by atoms with Gasteiger partial charge in [0.2, 0.25) is 0 Å². The summed E-state index contributed by atoms with van der Waals surface area (Å²) in [4.78, 5) is 4.55. The van der Waals surface area contributed by atoms with Crippen molar-refractivity contribution in [2.75, 3.05) is 6.61 Å². The van der Waals surface area contributed by atoms with Gasteiger partial charge in [-0.1, -0.05) is 27.7 Å². The molecule has 0 aromatic carbocycles. The fraction of sp³-hybridized carbons (Fsp3) is 0.867. The molecular weight excluding hydrogens is 252 g/mol. The summed E-state index contributed by atoms with van der Waals surface area (Å²) in [5, 5.41) is 17.7. The molecule has 2 unspecified atom stereocenters. The summed E-state index contributed by atoms with van der Waals surface area (Å²) in [6.07, 6.45) is 2.56. The van der Waals surface area contributed by atoms with E-state index < -0.39 is 0 Å². The van der Waals surface area contributed by atoms with Crippen LogP contribution in [0.4, 0.5) is 0 Å². The normalized spacial score (nSPS) is 16.4. The Hall–Kier alpha value is -0.940. The first-order valence-electron chi connectivity index (χ1n) is 7.68. The molecule has 0 amide bonds. The molecule has 20 heavy (non-hydrogen) atoms. The van der Waals surface area contributed by atoms with Crippen molar-refractivity contribution in [2.24, 2.45) is 0 Å². The number of nitrogens with one attached hydrogen (secondary N) is 1. The second-order valence-electron chi connectivity index (χ2n) is 6.17. The molecule has 0 radical (unpaired) electrons. The SMILES string of the molecule is CCc1nc(CC)n(C(C)CC(C)(CO)NC(C)C)n1. The van der Waals surface area contributed by atoms with Gasteiger partial charge in [0.25, 0.3) is 0 Å². The Morgan fingerprint density at radius 3 is 2.35 bits per heavy atom. The van der Waals surface area contributed by atoms with Crippen LogP contribution in [0.5, 0.6) is 0 Å². The number of aromatic nitrogens is 3. The predicted molar refractivity (Wildman–Crippen MR) is 81.9 cm³/mol. The zero-order chi connectivity index (χ0) is 15.3. The average Bonchev–Trinajstić information content (AvgIpc) is 2.81. The maximum Gasteiger partial charge on any atom is 0.150 e. The first kappa shape index (κ1) is 17.1. The maximum atomic E-state index is 9.70. The minimum absolute atomic E-state index is 0.117. The van der Waals surface area contributed by atoms with Crippen LogP contribution in [0, 0.1) is 0 Å². The summed E-state index contributed by atoms with van der Waals surface area (Å²) in [5.41, 5.74) is -0.295. The van der Waals surface area contributed by atoms with Gasteiger partial charge in [-0.2, -0.15) is 5.10 Å². The van der Waals surface area contributed by atoms with Crippen molar-refractivity contribution in [1.29, 1.82) is 0 Å². The Balaban J connectivity index is 2.88. The number of aryl methyl sites for hydroxylation is 2. The molecule has 0 bridgehead atoms. The third kappa shape index (κ3) is 4.28. The van der Waals surface area contributed by atoms with Crippen molar-refractivity contribution in [3.8, 4) is 0 Å². The second-order valence-corrected chi connectivity index (χ2v) is 6.17. The van der Waals surface area contributed by atoms with E-state index in [4.69, 9.17) is 0 Å². The van der Waals surface area contributed by atoms with Crippen LogP contribution in [0.3, 0.4) is 0 Å². The lowest BCUT2D eigenvalue weighted by Gasteiger charge is -2.33. The van der Waals surface area contributed by atoms with Gasteiger partial charge in [-0.25, -0.2) is 9.67 Å². The maximum absolute atomic E-state index is 9.70. The monoisotopic (exact) mass is 282 g/mol. The molecule has 5 nitrogen and oxygen atoms in total. The van der Waals surface area contributed by atoms with E-state index in [1.807, 2.05) is 4.68 Å². The van der Waals surface area contributed by atoms with Crippen molar-refractivity contribution in [2.45, 2.75) is 78.4 Å². The highest BCUT2D eigenvalue weighted by atomic mass is 16.3. The zero-order valence-corrected chi connectivity index (χ0v) is 13.8. The smallest absolute Gasteiger partial charge is 0.150 e. The van der Waals surface area contributed by atoms with Crippen LogP contribution < -0.4 is 5.32 Å². The standard InChI is InChI=1S/C15H30N4O/c1-7-13-16-14(8-2)19(18-13)12(5)9-15(6,10-20)17-11(3)4/h11-12,17,20H,7-10H2,1-6H3. The number of rotatable bonds is 8. The number of hydrogen-bond acceptors (Lipinski definition) is 4. The quantitative estimate of drug-likeness (QED) is 0.766. The number of nitrogens with zero attached hydrogens (tertiary/aromatic N) is 3. The largest absolute Gasteiger partial charge is 0.394 e. The van der Waals surface area contributed by atoms with E-state index in [1.165, 1.54) is 0 Å². The molecule has 0 fully saturated rings. The van der Waals surface area contributed by atoms with Crippen molar-refractivity contribution < 1.29 is 5.11 Å². The Morgan fingerprint density at radius 2 is 1.90 bits per heavy atom. The van der Waals surface area contributed by atoms with E-state index in [9.17, 15) is 5.11 Å². The van der Waals surface area contributed by atoms with Crippen LogP contribution in [0.1, 0.15) is 65.7 Å². The van der Waals surface area contributed by atoms with Gasteiger partial charge in [0, 0.05) is 24.4 Å². The molecule has 0 aliphatic rings. The Morgan fingerprint density at radius 1 is 1.25 bits per heavy atom. The minimum Gasteiger partial charge on any atom is -0.394 e. The van der Waals surface area contributed by atoms with E-state index in [1.54, 1.807) is 0 Å². The summed E-state index contributed by atoms with van der Waals surface area (Å²) in [6, 6.07) is 0.549. The lowest BCUT2D eigenvalue weighted by molar-refractivity contribution is 0.140. The van der Waals surface area contributed by atoms with Gasteiger partial charge < -0.3 is 10.4 Å². The Kier molecular flexibility index (Phi) is 6.14. The van der Waals surface area contributed by atoms with E-state index in [-0.39, 0.29) is 18.2 Å². The van der Waals surface area contributed by atoms with Crippen LogP contribution in [0.2, 0.25) is 0 Å². The summed E-state index contributed by atoms with van der Waals surface area (Å²) in [6.45, 7) is 12.7. The highest BCUT2D eigenvalue weighted by molar-refractivity contribution is 4.96. The van der Waals surface area contributed by atoms with E-state index in [0.29, 0.717) is 6.04 Å². The first-order valence-corrected chi connectivity index (χ1v) is 7.68. The number of aliphatic hydroxyl groups is 1. The summed E-state index contributed by atoms with van der Waals surface area (Å²) >= 11 is 0. The van der Waals surface area contributed by atoms with Gasteiger partial charge >= 0.3 is 0 Å². The minimum atomic E-state index is -0.295. The molecule has 1 aromatic rings. The molecule has 2 N–H and O–H groups in total. The molecule has 0 aliphatic carbocycles. The number of aliphatic hydroxyl groups excluding tert-OH is 1. The molecule has 0 saturated carbocycles. The molecule has 0 spiro atoms. The van der Waals surface area contributed by atoms with Crippen molar-refractivity contribution in [3.05, 3.63) is 11.6 Å². The van der Waals surface area contributed by atoms with Gasteiger partial charge in [-0.15, -0.1) is 0 Å². The molecule has 2 atom stereocenters. The molecule has 1 rings (SSSR count). The van der Waals surface area contributed by atoms with E-state index in [2.05, 4.69) is 56.9 Å². The molecular formula is C15H30N4O. The van der Waals surface area contributed by atoms with Crippen molar-refractivity contribution in [3.63, 3.8) is 0 Å². The van der Waals surface area contributed by atoms with E-state index >= 15 is 0 Å². The number of hydrogen-bond donors (Lipinski definition) is 2. The highest BCUT2D eigenvalue weighted by Gasteiger charge is 2.28. The fourth-order valence-corrected chi connectivity index (χ4v) is 2.75. The van der Waals surface area contributed by atoms with Gasteiger partial charge in [0.15, 0.2) is 5.82 Å². The van der Waals surface area contributed by atoms with Gasteiger partial charge in [-0.05, 0) is 20.3 Å². The fourth-order valence-electron chi connectivity index (χ4n) is 2.75. The molecule has 0 aliphatic heterocycles. The summed E-state index contributed by atoms with van der Waals surface area (Å²) in [7, 11) is 0. The van der Waals surface area contributed by atoms with Gasteiger partial charge in [-0.3, -0.25) is 0 Å². The first-order chi connectivity index (χ1) is 9.35. The Bertz CT molecular complexity index is 416. The molecule has 5 heteroatoms. The average molecular weight is 282 g/mol. The molecule has 1 aromatic heterocycles. The van der Waals surface area contributed by atoms with E-state index in [0.717, 1.165) is 30.9 Å². The van der Waals surface area contributed by atoms with Crippen LogP contribution in [-0.2, 0) is 12.8 Å². The zero-order valence-electron chi connectivity index (χ0n) is 13.8. The van der Waals surface area contributed by atoms with Crippen LogP contribution in [-0.4, -0.2) is 38.1 Å². The molecule has 1 heterocycles. The molecule has 116 valence electrons. The Labute approximate surface area is 122 Å². The topological polar surface area (TPSA) is 63.0 Å². The van der Waals surface area contributed by atoms with Crippen LogP contribution in [0.25, 0.3) is 0 Å². The summed E-state index contributed by atoms with van der Waals surface area (Å²) < 4.78 is 2.02. The van der Waals surface area contributed by atoms with Crippen LogP contribution in [0.15, 0.2) is 0 Å². The lowest BCUT2D eigenvalue weighted by atomic mass is 9.93. The third-order valence-corrected chi connectivity index (χ3v) is 3.53. The van der Waals surface area contributed by atoms with Crippen molar-refractivity contribution in [1.82, 2.24) is 20.1 Å². The third-order valence-electron chi connectivity index (χ3n) is 3.53. The summed E-state index contributed by atoms with van der Waals surface area (Å²) in [5.74, 6) is 1.93. The van der Waals surface area contributed by atoms with Gasteiger partial charge in [0.1, 0.15) is 5.82 Å². The predicted octanol–water partition coefficient (Wildman–Crippen LogP) is 2.10. The van der Waals surface area contributed by atoms with Crippen LogP contribution >= 0.6 is 0 Å². The lowest BCUT2D eigenvalue weighted by Crippen LogP contribution is -2.50. The highest BCUT2D eigenvalue weighted by Crippen LogP contribution is 2.22. The van der Waals surface area contributed by atoms with Crippen molar-refractivity contribution >= 4 is 0 Å². The molecule has 0 saturated heterocycles.